The molecule has 0 unspecified atom stereocenters. The van der Waals surface area contributed by atoms with E-state index < -0.39 is 0 Å². The molecule has 1 saturated heterocycles. The number of piperidine rings is 1. The number of rotatable bonds is 8. The van der Waals surface area contributed by atoms with Crippen LogP contribution in [0, 0.1) is 5.82 Å². The quantitative estimate of drug-likeness (QED) is 0.446. The number of para-hydroxylation sites is 2. The Balaban J connectivity index is 1.26. The van der Waals surface area contributed by atoms with E-state index in [1.807, 2.05) is 28.8 Å². The number of ether oxygens (including phenoxy) is 1. The van der Waals surface area contributed by atoms with Gasteiger partial charge in [0.05, 0.1) is 17.6 Å². The maximum Gasteiger partial charge on any atom is 0.326 e. The Morgan fingerprint density at radius 2 is 2.00 bits per heavy atom. The molecule has 6 heteroatoms. The van der Waals surface area contributed by atoms with Crippen LogP contribution in [0.15, 0.2) is 59.9 Å². The highest BCUT2D eigenvalue weighted by molar-refractivity contribution is 5.75. The smallest absolute Gasteiger partial charge is 0.326 e. The summed E-state index contributed by atoms with van der Waals surface area (Å²) in [5.74, 6) is 0.477. The van der Waals surface area contributed by atoms with Gasteiger partial charge < -0.3 is 14.6 Å². The average molecular weight is 410 g/mol. The predicted molar refractivity (Wildman–Crippen MR) is 118 cm³/mol. The molecule has 3 aromatic rings. The largest absolute Gasteiger partial charge is 0.493 e. The van der Waals surface area contributed by atoms with Crippen LogP contribution in [0.5, 0.6) is 5.75 Å². The van der Waals surface area contributed by atoms with Gasteiger partial charge in [-0.3, -0.25) is 4.57 Å². The first-order valence-electron chi connectivity index (χ1n) is 10.6. The molecule has 0 spiro atoms. The molecule has 1 fully saturated rings. The molecule has 0 saturated carbocycles. The van der Waals surface area contributed by atoms with E-state index in [2.05, 4.69) is 16.5 Å². The number of aromatic nitrogens is 2. The van der Waals surface area contributed by atoms with E-state index in [-0.39, 0.29) is 17.5 Å². The minimum Gasteiger partial charge on any atom is -0.493 e. The van der Waals surface area contributed by atoms with Crippen molar-refractivity contribution in [2.75, 3.05) is 26.2 Å². The maximum atomic E-state index is 13.4. The van der Waals surface area contributed by atoms with Gasteiger partial charge in [-0.25, -0.2) is 9.18 Å². The van der Waals surface area contributed by atoms with Crippen molar-refractivity contribution in [3.05, 3.63) is 77.0 Å². The number of nitrogens with one attached hydrogen (secondary N) is 1. The van der Waals surface area contributed by atoms with Gasteiger partial charge in [-0.1, -0.05) is 18.2 Å². The summed E-state index contributed by atoms with van der Waals surface area (Å²) >= 11 is 0. The summed E-state index contributed by atoms with van der Waals surface area (Å²) < 4.78 is 21.2. The molecule has 0 aliphatic carbocycles. The monoisotopic (exact) mass is 409 g/mol. The van der Waals surface area contributed by atoms with Gasteiger partial charge in [0.1, 0.15) is 11.6 Å². The number of fused-ring (bicyclic) bond motifs is 1. The Labute approximate surface area is 175 Å². The highest BCUT2D eigenvalue weighted by Gasteiger charge is 2.23. The van der Waals surface area contributed by atoms with Gasteiger partial charge in [-0.05, 0) is 56.0 Å². The molecule has 0 amide bonds. The molecule has 4 rings (SSSR count). The highest BCUT2D eigenvalue weighted by Crippen LogP contribution is 2.25. The summed E-state index contributed by atoms with van der Waals surface area (Å²) in [6, 6.07) is 12.7. The van der Waals surface area contributed by atoms with Gasteiger partial charge in [0.2, 0.25) is 0 Å². The van der Waals surface area contributed by atoms with E-state index >= 15 is 0 Å². The molecule has 158 valence electrons. The fourth-order valence-corrected chi connectivity index (χ4v) is 4.31. The van der Waals surface area contributed by atoms with Gasteiger partial charge in [-0.2, -0.15) is 0 Å². The minimum absolute atomic E-state index is 0.0160. The maximum absolute atomic E-state index is 13.4. The molecule has 1 aliphatic rings. The third kappa shape index (κ3) is 4.49. The SMILES string of the molecule is C=CCc1cc(F)ccc1OCCCN1CCC(n2c(=O)[nH]c3ccccc32)CC1. The first-order chi connectivity index (χ1) is 14.7. The molecule has 5 nitrogen and oxygen atoms in total. The Morgan fingerprint density at radius 3 is 2.80 bits per heavy atom. The second-order valence-electron chi connectivity index (χ2n) is 7.84. The summed E-state index contributed by atoms with van der Waals surface area (Å²) in [6.45, 7) is 7.20. The van der Waals surface area contributed by atoms with Crippen molar-refractivity contribution >= 4 is 11.0 Å². The highest BCUT2D eigenvalue weighted by atomic mass is 19.1. The predicted octanol–water partition coefficient (Wildman–Crippen LogP) is 4.30. The molecule has 1 aliphatic heterocycles. The van der Waals surface area contributed by atoms with Crippen LogP contribution in [0.1, 0.15) is 30.9 Å². The normalized spacial score (nSPS) is 15.5. The van der Waals surface area contributed by atoms with Gasteiger partial charge >= 0.3 is 5.69 Å². The van der Waals surface area contributed by atoms with E-state index in [0.29, 0.717) is 13.0 Å². The Hall–Kier alpha value is -2.86. The number of hydrogen-bond donors (Lipinski definition) is 1. The fraction of sp³-hybridized carbons (Fsp3) is 0.375. The molecule has 1 N–H and O–H groups in total. The number of H-pyrrole nitrogens is 1. The third-order valence-electron chi connectivity index (χ3n) is 5.81. The van der Waals surface area contributed by atoms with Gasteiger partial charge in [0.15, 0.2) is 0 Å². The lowest BCUT2D eigenvalue weighted by molar-refractivity contribution is 0.173. The van der Waals surface area contributed by atoms with Gasteiger partial charge in [-0.15, -0.1) is 6.58 Å². The topological polar surface area (TPSA) is 50.3 Å². The summed E-state index contributed by atoms with van der Waals surface area (Å²) in [7, 11) is 0. The van der Waals surface area contributed by atoms with Crippen molar-refractivity contribution in [1.29, 1.82) is 0 Å². The summed E-state index contributed by atoms with van der Waals surface area (Å²) in [5.41, 5.74) is 2.70. The molecule has 0 atom stereocenters. The number of hydrogen-bond acceptors (Lipinski definition) is 3. The van der Waals surface area contributed by atoms with Crippen LogP contribution in [0.4, 0.5) is 4.39 Å². The number of nitrogens with zero attached hydrogens (tertiary/aromatic N) is 2. The lowest BCUT2D eigenvalue weighted by Crippen LogP contribution is -2.37. The molecular weight excluding hydrogens is 381 g/mol. The van der Waals surface area contributed by atoms with E-state index in [9.17, 15) is 9.18 Å². The lowest BCUT2D eigenvalue weighted by atomic mass is 10.0. The van der Waals surface area contributed by atoms with E-state index in [1.54, 1.807) is 12.1 Å². The second-order valence-corrected chi connectivity index (χ2v) is 7.84. The molecule has 1 aromatic heterocycles. The zero-order chi connectivity index (χ0) is 20.9. The Bertz CT molecular complexity index is 1060. The number of halogens is 1. The number of benzene rings is 2. The molecule has 0 bridgehead atoms. The fourth-order valence-electron chi connectivity index (χ4n) is 4.31. The molecule has 0 radical (unpaired) electrons. The van der Waals surface area contributed by atoms with Crippen molar-refractivity contribution in [2.45, 2.75) is 31.7 Å². The Morgan fingerprint density at radius 1 is 1.20 bits per heavy atom. The summed E-state index contributed by atoms with van der Waals surface area (Å²) in [4.78, 5) is 17.8. The first kappa shape index (κ1) is 20.4. The van der Waals surface area contributed by atoms with Crippen molar-refractivity contribution in [1.82, 2.24) is 14.5 Å². The van der Waals surface area contributed by atoms with Gasteiger partial charge in [0, 0.05) is 31.2 Å². The van der Waals surface area contributed by atoms with Crippen LogP contribution in [0.2, 0.25) is 0 Å². The summed E-state index contributed by atoms with van der Waals surface area (Å²) in [6.07, 6.45) is 5.18. The molecular formula is C24H28FN3O2. The Kier molecular flexibility index (Phi) is 6.33. The van der Waals surface area contributed by atoms with Crippen molar-refractivity contribution in [3.63, 3.8) is 0 Å². The van der Waals surface area contributed by atoms with Crippen LogP contribution < -0.4 is 10.4 Å². The average Bonchev–Trinajstić information content (AvgIpc) is 3.09. The van der Waals surface area contributed by atoms with E-state index in [1.165, 1.54) is 12.1 Å². The van der Waals surface area contributed by atoms with Crippen molar-refractivity contribution in [2.24, 2.45) is 0 Å². The molecule has 30 heavy (non-hydrogen) atoms. The summed E-state index contributed by atoms with van der Waals surface area (Å²) in [5, 5.41) is 0. The van der Waals surface area contributed by atoms with Crippen molar-refractivity contribution in [3.8, 4) is 5.75 Å². The molecule has 2 aromatic carbocycles. The lowest BCUT2D eigenvalue weighted by Gasteiger charge is -2.32. The van der Waals surface area contributed by atoms with Gasteiger partial charge in [0.25, 0.3) is 0 Å². The van der Waals surface area contributed by atoms with Crippen LogP contribution in [-0.2, 0) is 6.42 Å². The number of likely N-dealkylation sites (tertiary alicyclic amines) is 1. The van der Waals surface area contributed by atoms with E-state index in [0.717, 1.165) is 61.2 Å². The number of imidazole rings is 1. The van der Waals surface area contributed by atoms with Crippen LogP contribution in [0.25, 0.3) is 11.0 Å². The zero-order valence-electron chi connectivity index (χ0n) is 17.1. The first-order valence-corrected chi connectivity index (χ1v) is 10.6. The van der Waals surface area contributed by atoms with Crippen LogP contribution in [-0.4, -0.2) is 40.7 Å². The van der Waals surface area contributed by atoms with Crippen molar-refractivity contribution < 1.29 is 9.13 Å². The third-order valence-corrected chi connectivity index (χ3v) is 5.81. The molecule has 2 heterocycles. The van der Waals surface area contributed by atoms with Crippen LogP contribution in [0.3, 0.4) is 0 Å². The standard InChI is InChI=1S/C24H28FN3O2/c1-2-6-18-17-19(25)9-10-23(18)30-16-5-13-27-14-11-20(12-15-27)28-22-8-4-3-7-21(22)26-24(28)29/h2-4,7-10,17,20H,1,5-6,11-16H2,(H,26,29). The van der Waals surface area contributed by atoms with E-state index in [4.69, 9.17) is 4.74 Å². The van der Waals surface area contributed by atoms with Crippen LogP contribution >= 0.6 is 0 Å². The minimum atomic E-state index is -0.253. The number of aromatic amines is 1. The second kappa shape index (κ2) is 9.30. The number of allylic oxidation sites excluding steroid dienone is 1. The zero-order valence-corrected chi connectivity index (χ0v) is 17.1.